The van der Waals surface area contributed by atoms with E-state index in [-0.39, 0.29) is 30.3 Å². The summed E-state index contributed by atoms with van der Waals surface area (Å²) in [5.74, 6) is -0.500. The first kappa shape index (κ1) is 19.1. The summed E-state index contributed by atoms with van der Waals surface area (Å²) in [4.78, 5) is 32.6. The Morgan fingerprint density at radius 1 is 1.59 bits per heavy atom. The highest BCUT2D eigenvalue weighted by Gasteiger charge is 2.46. The van der Waals surface area contributed by atoms with Gasteiger partial charge in [0.1, 0.15) is 6.10 Å². The quantitative estimate of drug-likeness (QED) is 0.460. The summed E-state index contributed by atoms with van der Waals surface area (Å²) in [6, 6.07) is 0. The van der Waals surface area contributed by atoms with Crippen molar-refractivity contribution in [1.82, 2.24) is 19.4 Å². The van der Waals surface area contributed by atoms with Crippen LogP contribution < -0.4 is 15.9 Å². The number of anilines is 1. The van der Waals surface area contributed by atoms with Crippen LogP contribution >= 0.6 is 0 Å². The van der Waals surface area contributed by atoms with Gasteiger partial charge in [-0.3, -0.25) is 19.1 Å². The van der Waals surface area contributed by atoms with Crippen LogP contribution in [0.25, 0.3) is 11.2 Å². The molecule has 1 amide bonds. The number of allylic oxidation sites excluding steroid dienone is 1. The molecule has 4 atom stereocenters. The zero-order chi connectivity index (χ0) is 19.9. The van der Waals surface area contributed by atoms with Crippen LogP contribution in [0, 0.1) is 5.92 Å². The number of amides is 1. The van der Waals surface area contributed by atoms with Crippen molar-refractivity contribution in [2.75, 3.05) is 19.8 Å². The van der Waals surface area contributed by atoms with Crippen LogP contribution in [0.15, 0.2) is 23.8 Å². The number of fused-ring (bicyclic) bond motifs is 1. The van der Waals surface area contributed by atoms with Gasteiger partial charge >= 0.3 is 5.65 Å². The summed E-state index contributed by atoms with van der Waals surface area (Å²) in [6.07, 6.45) is 1.37. The predicted molar refractivity (Wildman–Crippen MR) is 97.5 cm³/mol. The maximum Gasteiger partial charge on any atom is 0.313 e. The molecular weight excluding hydrogens is 352 g/mol. The third-order valence-corrected chi connectivity index (χ3v) is 4.89. The number of H-pyrrole nitrogens is 1. The number of aromatic nitrogens is 4. The zero-order valence-electron chi connectivity index (χ0n) is 15.6. The first-order valence-electron chi connectivity index (χ1n) is 8.69. The van der Waals surface area contributed by atoms with Gasteiger partial charge in [-0.2, -0.15) is 0 Å². The van der Waals surface area contributed by atoms with E-state index in [2.05, 4.69) is 16.5 Å². The molecule has 1 saturated heterocycles. The summed E-state index contributed by atoms with van der Waals surface area (Å²) >= 11 is 0. The van der Waals surface area contributed by atoms with Crippen LogP contribution in [-0.2, 0) is 16.1 Å². The molecule has 0 saturated carbocycles. The summed E-state index contributed by atoms with van der Waals surface area (Å²) in [5, 5.41) is 10.8. The molecule has 1 aliphatic heterocycles. The van der Waals surface area contributed by atoms with Crippen molar-refractivity contribution in [2.24, 2.45) is 5.92 Å². The van der Waals surface area contributed by atoms with Gasteiger partial charge in [-0.05, 0) is 6.92 Å². The van der Waals surface area contributed by atoms with E-state index in [1.807, 2.05) is 6.92 Å². The Labute approximate surface area is 155 Å². The third kappa shape index (κ3) is 3.33. The van der Waals surface area contributed by atoms with Gasteiger partial charge in [0.2, 0.25) is 17.7 Å². The number of aromatic amines is 1. The molecule has 4 N–H and O–H groups in total. The van der Waals surface area contributed by atoms with Crippen molar-refractivity contribution in [1.29, 1.82) is 0 Å². The lowest BCUT2D eigenvalue weighted by molar-refractivity contribution is -0.745. The molecule has 10 heteroatoms. The maximum absolute atomic E-state index is 12.4. The lowest BCUT2D eigenvalue weighted by Crippen LogP contribution is -2.45. The molecule has 2 aromatic rings. The van der Waals surface area contributed by atoms with Gasteiger partial charge < -0.3 is 20.5 Å². The van der Waals surface area contributed by atoms with E-state index >= 15 is 0 Å². The van der Waals surface area contributed by atoms with Gasteiger partial charge in [-0.15, -0.1) is 0 Å². The van der Waals surface area contributed by atoms with Crippen molar-refractivity contribution < 1.29 is 19.2 Å². The molecule has 0 unspecified atom stereocenters. The Balaban J connectivity index is 2.04. The molecule has 1 aliphatic rings. The Bertz CT molecular complexity index is 933. The van der Waals surface area contributed by atoms with Crippen molar-refractivity contribution in [3.05, 3.63) is 29.3 Å². The fourth-order valence-electron chi connectivity index (χ4n) is 3.43. The van der Waals surface area contributed by atoms with Crippen molar-refractivity contribution >= 4 is 23.0 Å². The molecule has 2 aromatic heterocycles. The van der Waals surface area contributed by atoms with Gasteiger partial charge in [-0.25, -0.2) is 4.57 Å². The fourth-order valence-corrected chi connectivity index (χ4v) is 3.43. The second-order valence-electron chi connectivity index (χ2n) is 6.97. The minimum atomic E-state index is -0.945. The van der Waals surface area contributed by atoms with Crippen molar-refractivity contribution in [3.63, 3.8) is 0 Å². The summed E-state index contributed by atoms with van der Waals surface area (Å²) < 4.78 is 9.19. The highest BCUT2D eigenvalue weighted by molar-refractivity contribution is 5.76. The molecule has 0 aliphatic carbocycles. The number of nitrogen functional groups attached to an aromatic ring is 1. The van der Waals surface area contributed by atoms with E-state index in [0.717, 1.165) is 0 Å². The van der Waals surface area contributed by atoms with Gasteiger partial charge in [-0.1, -0.05) is 17.6 Å². The molecule has 27 heavy (non-hydrogen) atoms. The second kappa shape index (κ2) is 7.12. The number of rotatable bonds is 5. The number of imidazole rings is 1. The largest absolute Gasteiger partial charge is 0.386 e. The molecule has 0 radical (unpaired) electrons. The first-order chi connectivity index (χ1) is 12.7. The van der Waals surface area contributed by atoms with Gasteiger partial charge in [0.15, 0.2) is 6.33 Å². The molecular formula is C17H25N6O4+. The van der Waals surface area contributed by atoms with Crippen LogP contribution in [-0.4, -0.2) is 56.8 Å². The van der Waals surface area contributed by atoms with E-state index in [4.69, 9.17) is 10.5 Å². The summed E-state index contributed by atoms with van der Waals surface area (Å²) in [5.41, 5.74) is 5.92. The Hall–Kier alpha value is -2.72. The lowest BCUT2D eigenvalue weighted by atomic mass is 9.94. The average Bonchev–Trinajstić information content (AvgIpc) is 3.07. The molecule has 0 bridgehead atoms. The van der Waals surface area contributed by atoms with Crippen molar-refractivity contribution in [2.45, 2.75) is 38.3 Å². The Morgan fingerprint density at radius 2 is 2.30 bits per heavy atom. The number of hydrogen-bond donors (Lipinski definition) is 3. The number of hydrogen-bond acceptors (Lipinski definition) is 6. The molecule has 10 nitrogen and oxygen atoms in total. The molecule has 0 spiro atoms. The van der Waals surface area contributed by atoms with Gasteiger partial charge in [0.05, 0.1) is 12.6 Å². The highest BCUT2D eigenvalue weighted by atomic mass is 16.5. The number of carbonyl (C=O) groups is 1. The standard InChI is InChI=1S/C17H24N6O4/c1-5-6-22-8-23(14-12(22)15(26)20-17(18)19-14)16-13(25)10(9(2)27-16)7-11(24)21(3)4/h5,8-10,13,16,25H,1,6-7H2,2-4H3,(H2-,18,19,20,26)/p+1/t9-,10-,13-,16-/m1/s1. The van der Waals surface area contributed by atoms with Gasteiger partial charge in [0.25, 0.3) is 11.5 Å². The summed E-state index contributed by atoms with van der Waals surface area (Å²) in [6.45, 7) is 5.88. The lowest BCUT2D eigenvalue weighted by Gasteiger charge is -2.19. The number of ether oxygens (including phenoxy) is 1. The van der Waals surface area contributed by atoms with Crippen LogP contribution in [0.4, 0.5) is 5.95 Å². The number of aliphatic hydroxyl groups excluding tert-OH is 1. The minimum Gasteiger partial charge on any atom is -0.386 e. The molecule has 3 heterocycles. The van der Waals surface area contributed by atoms with E-state index in [0.29, 0.717) is 17.7 Å². The topological polar surface area (TPSA) is 130 Å². The van der Waals surface area contributed by atoms with E-state index < -0.39 is 17.9 Å². The van der Waals surface area contributed by atoms with Crippen LogP contribution in [0.1, 0.15) is 19.6 Å². The fraction of sp³-hybridized carbons (Fsp3) is 0.529. The SMILES string of the molecule is C=CCn1c[n+]([C@@H]2O[C@H](C)[C@@H](CC(=O)N(C)C)[C@H]2O)c2nc(N)[nH]c(=O)c21. The molecule has 0 aromatic carbocycles. The number of nitrogens with two attached hydrogens (primary N) is 1. The molecule has 1 fully saturated rings. The third-order valence-electron chi connectivity index (χ3n) is 4.89. The normalized spacial score (nSPS) is 25.0. The van der Waals surface area contributed by atoms with Crippen LogP contribution in [0.5, 0.6) is 0 Å². The van der Waals surface area contributed by atoms with Crippen LogP contribution in [0.3, 0.4) is 0 Å². The van der Waals surface area contributed by atoms with E-state index in [1.165, 1.54) is 4.90 Å². The zero-order valence-corrected chi connectivity index (χ0v) is 15.6. The minimum absolute atomic E-state index is 0.0301. The maximum atomic E-state index is 12.4. The smallest absolute Gasteiger partial charge is 0.313 e. The number of aliphatic hydroxyl groups is 1. The Kier molecular flexibility index (Phi) is 5.03. The predicted octanol–water partition coefficient (Wildman–Crippen LogP) is -0.847. The Morgan fingerprint density at radius 3 is 2.93 bits per heavy atom. The molecule has 146 valence electrons. The highest BCUT2D eigenvalue weighted by Crippen LogP contribution is 2.33. The van der Waals surface area contributed by atoms with Crippen LogP contribution in [0.2, 0.25) is 0 Å². The van der Waals surface area contributed by atoms with Crippen molar-refractivity contribution in [3.8, 4) is 0 Å². The monoisotopic (exact) mass is 377 g/mol. The average molecular weight is 377 g/mol. The number of nitrogens with zero attached hydrogens (tertiary/aromatic N) is 4. The van der Waals surface area contributed by atoms with E-state index in [1.54, 1.807) is 35.6 Å². The molecule has 3 rings (SSSR count). The number of carbonyl (C=O) groups excluding carboxylic acids is 1. The first-order valence-corrected chi connectivity index (χ1v) is 8.69. The number of nitrogens with one attached hydrogen (secondary N) is 1. The summed E-state index contributed by atoms with van der Waals surface area (Å²) in [7, 11) is 3.34. The van der Waals surface area contributed by atoms with Gasteiger partial charge in [0, 0.05) is 26.4 Å². The van der Waals surface area contributed by atoms with E-state index in [9.17, 15) is 14.7 Å². The second-order valence-corrected chi connectivity index (χ2v) is 6.97.